The second kappa shape index (κ2) is 5.41. The van der Waals surface area contributed by atoms with Crippen LogP contribution in [0.5, 0.6) is 0 Å². The zero-order valence-corrected chi connectivity index (χ0v) is 11.4. The van der Waals surface area contributed by atoms with Crippen molar-refractivity contribution >= 4 is 35.0 Å². The molecule has 0 aliphatic heterocycles. The van der Waals surface area contributed by atoms with Crippen molar-refractivity contribution in [1.82, 2.24) is 9.97 Å². The highest BCUT2D eigenvalue weighted by Gasteiger charge is 2.22. The van der Waals surface area contributed by atoms with E-state index in [0.717, 1.165) is 16.7 Å². The van der Waals surface area contributed by atoms with Gasteiger partial charge in [-0.2, -0.15) is 4.98 Å². The van der Waals surface area contributed by atoms with Gasteiger partial charge in [0.2, 0.25) is 5.95 Å². The summed E-state index contributed by atoms with van der Waals surface area (Å²) in [5.74, 6) is 0.00706. The fraction of sp³-hybridized carbons (Fsp3) is 0.0909. The van der Waals surface area contributed by atoms with Crippen molar-refractivity contribution in [3.63, 3.8) is 0 Å². The zero-order chi connectivity index (χ0) is 14.0. The highest BCUT2D eigenvalue weighted by atomic mass is 35.5. The minimum atomic E-state index is -0.512. The van der Waals surface area contributed by atoms with Gasteiger partial charge in [-0.1, -0.05) is 29.4 Å². The van der Waals surface area contributed by atoms with Gasteiger partial charge in [0.25, 0.3) is 0 Å². The third-order valence-corrected chi connectivity index (χ3v) is 3.44. The van der Waals surface area contributed by atoms with Crippen molar-refractivity contribution < 1.29 is 4.92 Å². The van der Waals surface area contributed by atoms with Gasteiger partial charge in [-0.25, -0.2) is 4.98 Å². The molecule has 0 aliphatic carbocycles. The summed E-state index contributed by atoms with van der Waals surface area (Å²) in [6.45, 7) is 1.53. The molecule has 1 heterocycles. The Balaban J connectivity index is 2.47. The van der Waals surface area contributed by atoms with Crippen LogP contribution in [0.3, 0.4) is 0 Å². The second-order valence-corrected chi connectivity index (χ2v) is 5.14. The van der Waals surface area contributed by atoms with Gasteiger partial charge in [0, 0.05) is 9.92 Å². The maximum atomic E-state index is 11.1. The molecule has 0 amide bonds. The lowest BCUT2D eigenvalue weighted by Crippen LogP contribution is -2.03. The number of benzene rings is 1. The van der Waals surface area contributed by atoms with Crippen molar-refractivity contribution in [1.29, 1.82) is 0 Å². The van der Waals surface area contributed by atoms with Crippen LogP contribution in [0.2, 0.25) is 5.02 Å². The molecule has 0 unspecified atom stereocenters. The molecule has 0 saturated heterocycles. The molecule has 0 atom stereocenters. The summed E-state index contributed by atoms with van der Waals surface area (Å²) in [6.07, 6.45) is 0. The van der Waals surface area contributed by atoms with Crippen LogP contribution in [0.15, 0.2) is 34.2 Å². The number of aromatic nitrogens is 2. The number of hydrogen-bond acceptors (Lipinski definition) is 6. The Labute approximate surface area is 118 Å². The second-order valence-electron chi connectivity index (χ2n) is 3.64. The molecule has 2 N–H and O–H groups in total. The van der Waals surface area contributed by atoms with Crippen LogP contribution in [-0.4, -0.2) is 14.9 Å². The lowest BCUT2D eigenvalue weighted by atomic mass is 10.4. The first-order chi connectivity index (χ1) is 8.97. The molecular formula is C11H9ClN4O2S. The standard InChI is InChI=1S/C11H9ClN4O2S/c1-6-9(16(17)18)10(15-11(13)14-6)19-8-4-2-3-7(12)5-8/h2-5H,1H3,(H2,13,14,15). The number of rotatable bonds is 3. The molecule has 0 saturated carbocycles. The van der Waals surface area contributed by atoms with E-state index >= 15 is 0 Å². The number of nitro groups is 1. The Morgan fingerprint density at radius 1 is 1.42 bits per heavy atom. The molecular weight excluding hydrogens is 288 g/mol. The molecule has 0 aliphatic rings. The van der Waals surface area contributed by atoms with E-state index in [1.165, 1.54) is 6.92 Å². The maximum Gasteiger partial charge on any atom is 0.322 e. The van der Waals surface area contributed by atoms with Gasteiger partial charge in [0.1, 0.15) is 5.69 Å². The number of nitrogens with two attached hydrogens (primary N) is 1. The summed E-state index contributed by atoms with van der Waals surface area (Å²) >= 11 is 7.00. The van der Waals surface area contributed by atoms with Crippen LogP contribution in [0, 0.1) is 17.0 Å². The zero-order valence-electron chi connectivity index (χ0n) is 9.83. The molecule has 0 bridgehead atoms. The van der Waals surface area contributed by atoms with E-state index in [2.05, 4.69) is 9.97 Å². The van der Waals surface area contributed by atoms with E-state index in [1.54, 1.807) is 24.3 Å². The largest absolute Gasteiger partial charge is 0.368 e. The summed E-state index contributed by atoms with van der Waals surface area (Å²) in [4.78, 5) is 19.0. The number of nitrogens with zero attached hydrogens (tertiary/aromatic N) is 3. The fourth-order valence-corrected chi connectivity index (χ4v) is 2.75. The molecule has 0 spiro atoms. The molecule has 2 aromatic rings. The molecule has 0 fully saturated rings. The quantitative estimate of drug-likeness (QED) is 0.531. The van der Waals surface area contributed by atoms with E-state index in [0.29, 0.717) is 5.02 Å². The number of halogens is 1. The van der Waals surface area contributed by atoms with E-state index in [-0.39, 0.29) is 22.4 Å². The summed E-state index contributed by atoms with van der Waals surface area (Å²) < 4.78 is 0. The molecule has 1 aromatic heterocycles. The summed E-state index contributed by atoms with van der Waals surface area (Å²) in [5, 5.41) is 11.8. The molecule has 1 aromatic carbocycles. The third kappa shape index (κ3) is 3.12. The van der Waals surface area contributed by atoms with Crippen molar-refractivity contribution in [3.05, 3.63) is 45.1 Å². The van der Waals surface area contributed by atoms with Gasteiger partial charge >= 0.3 is 5.69 Å². The van der Waals surface area contributed by atoms with Crippen molar-refractivity contribution in [2.24, 2.45) is 0 Å². The predicted octanol–water partition coefficient (Wildman–Crippen LogP) is 3.08. The number of nitrogen functional groups attached to an aromatic ring is 1. The van der Waals surface area contributed by atoms with Crippen molar-refractivity contribution in [2.75, 3.05) is 5.73 Å². The lowest BCUT2D eigenvalue weighted by Gasteiger charge is -2.05. The SMILES string of the molecule is Cc1nc(N)nc(Sc2cccc(Cl)c2)c1[N+](=O)[O-]. The maximum absolute atomic E-state index is 11.1. The van der Waals surface area contributed by atoms with Crippen LogP contribution in [0.4, 0.5) is 11.6 Å². The highest BCUT2D eigenvalue weighted by molar-refractivity contribution is 7.99. The Morgan fingerprint density at radius 2 is 2.16 bits per heavy atom. The molecule has 19 heavy (non-hydrogen) atoms. The number of hydrogen-bond donors (Lipinski definition) is 1. The van der Waals surface area contributed by atoms with Gasteiger partial charge in [0.05, 0.1) is 4.92 Å². The first-order valence-electron chi connectivity index (χ1n) is 5.19. The fourth-order valence-electron chi connectivity index (χ4n) is 1.49. The summed E-state index contributed by atoms with van der Waals surface area (Å²) in [7, 11) is 0. The minimum absolute atomic E-state index is 0.00706. The van der Waals surface area contributed by atoms with Gasteiger partial charge < -0.3 is 5.73 Å². The molecule has 8 heteroatoms. The van der Waals surface area contributed by atoms with Crippen LogP contribution in [0.1, 0.15) is 5.69 Å². The van der Waals surface area contributed by atoms with Gasteiger partial charge in [-0.05, 0) is 25.1 Å². The van der Waals surface area contributed by atoms with E-state index in [1.807, 2.05) is 0 Å². The van der Waals surface area contributed by atoms with Crippen molar-refractivity contribution in [2.45, 2.75) is 16.8 Å². The average molecular weight is 297 g/mol. The lowest BCUT2D eigenvalue weighted by molar-refractivity contribution is -0.389. The Morgan fingerprint density at radius 3 is 2.79 bits per heavy atom. The third-order valence-electron chi connectivity index (χ3n) is 2.24. The Kier molecular flexibility index (Phi) is 3.87. The monoisotopic (exact) mass is 296 g/mol. The highest BCUT2D eigenvalue weighted by Crippen LogP contribution is 2.35. The van der Waals surface area contributed by atoms with Crippen LogP contribution >= 0.6 is 23.4 Å². The first-order valence-corrected chi connectivity index (χ1v) is 6.38. The van der Waals surface area contributed by atoms with Gasteiger partial charge in [0.15, 0.2) is 5.03 Å². The number of aryl methyl sites for hydroxylation is 1. The summed E-state index contributed by atoms with van der Waals surface area (Å²) in [5.41, 5.74) is 5.63. The molecule has 2 rings (SSSR count). The molecule has 98 valence electrons. The van der Waals surface area contributed by atoms with E-state index in [4.69, 9.17) is 17.3 Å². The molecule has 6 nitrogen and oxygen atoms in total. The minimum Gasteiger partial charge on any atom is -0.368 e. The number of anilines is 1. The van der Waals surface area contributed by atoms with Crippen molar-refractivity contribution in [3.8, 4) is 0 Å². The van der Waals surface area contributed by atoms with Gasteiger partial charge in [-0.3, -0.25) is 10.1 Å². The topological polar surface area (TPSA) is 94.9 Å². The van der Waals surface area contributed by atoms with Gasteiger partial charge in [-0.15, -0.1) is 0 Å². The average Bonchev–Trinajstić information content (AvgIpc) is 2.26. The predicted molar refractivity (Wildman–Crippen MR) is 73.4 cm³/mol. The normalized spacial score (nSPS) is 10.4. The van der Waals surface area contributed by atoms with E-state index < -0.39 is 4.92 Å². The van der Waals surface area contributed by atoms with Crippen LogP contribution in [-0.2, 0) is 0 Å². The Bertz CT molecular complexity index is 651. The van der Waals surface area contributed by atoms with Crippen LogP contribution < -0.4 is 5.73 Å². The smallest absolute Gasteiger partial charge is 0.322 e. The van der Waals surface area contributed by atoms with Crippen LogP contribution in [0.25, 0.3) is 0 Å². The van der Waals surface area contributed by atoms with E-state index in [9.17, 15) is 10.1 Å². The molecule has 0 radical (unpaired) electrons. The summed E-state index contributed by atoms with van der Waals surface area (Å²) in [6, 6.07) is 6.96. The Hall–Kier alpha value is -1.86. The first kappa shape index (κ1) is 13.6.